The van der Waals surface area contributed by atoms with Gasteiger partial charge in [0, 0.05) is 37.8 Å². The lowest BCUT2D eigenvalue weighted by molar-refractivity contribution is -0.127. The number of hydrogen-bond donors (Lipinski definition) is 1. The first-order chi connectivity index (χ1) is 13.0. The summed E-state index contributed by atoms with van der Waals surface area (Å²) in [6, 6.07) is 0. The van der Waals surface area contributed by atoms with Gasteiger partial charge in [0.05, 0.1) is 23.1 Å². The Morgan fingerprint density at radius 1 is 1.33 bits per heavy atom. The molecular weight excluding hydrogens is 344 g/mol. The van der Waals surface area contributed by atoms with Crippen LogP contribution in [0.15, 0.2) is 10.7 Å². The van der Waals surface area contributed by atoms with E-state index in [4.69, 9.17) is 9.26 Å². The zero-order valence-electron chi connectivity index (χ0n) is 16.5. The highest BCUT2D eigenvalue weighted by Crippen LogP contribution is 2.28. The Bertz CT molecular complexity index is 803. The molecule has 146 valence electrons. The van der Waals surface area contributed by atoms with E-state index in [0.717, 1.165) is 48.2 Å². The molecule has 2 atom stereocenters. The van der Waals surface area contributed by atoms with Crippen LogP contribution in [0.5, 0.6) is 0 Å². The number of carbonyl (C=O) groups is 1. The van der Waals surface area contributed by atoms with E-state index in [9.17, 15) is 4.79 Å². The van der Waals surface area contributed by atoms with Crippen molar-refractivity contribution in [1.29, 1.82) is 0 Å². The number of rotatable bonds is 6. The Labute approximate surface area is 159 Å². The van der Waals surface area contributed by atoms with Crippen LogP contribution in [0.1, 0.15) is 48.5 Å². The van der Waals surface area contributed by atoms with Crippen molar-refractivity contribution in [2.24, 2.45) is 5.92 Å². The maximum atomic E-state index is 12.5. The zero-order valence-corrected chi connectivity index (χ0v) is 16.5. The summed E-state index contributed by atoms with van der Waals surface area (Å²) in [5.74, 6) is 1.54. The number of ether oxygens (including phenoxy) is 1. The fourth-order valence-corrected chi connectivity index (χ4v) is 3.61. The van der Waals surface area contributed by atoms with E-state index in [0.29, 0.717) is 24.6 Å². The van der Waals surface area contributed by atoms with E-state index < -0.39 is 0 Å². The van der Waals surface area contributed by atoms with Crippen molar-refractivity contribution in [3.63, 3.8) is 0 Å². The molecule has 0 spiro atoms. The van der Waals surface area contributed by atoms with Crippen molar-refractivity contribution in [2.45, 2.75) is 59.0 Å². The molecule has 1 aliphatic carbocycles. The second-order valence-corrected chi connectivity index (χ2v) is 7.26. The van der Waals surface area contributed by atoms with E-state index in [1.165, 1.54) is 0 Å². The number of nitrogens with one attached hydrogen (secondary N) is 1. The topological polar surface area (TPSA) is 90.1 Å². The molecule has 1 N–H and O–H groups in total. The van der Waals surface area contributed by atoms with Crippen LogP contribution >= 0.6 is 0 Å². The molecule has 0 aliphatic heterocycles. The quantitative estimate of drug-likeness (QED) is 0.838. The van der Waals surface area contributed by atoms with Crippen molar-refractivity contribution in [3.05, 3.63) is 29.0 Å². The van der Waals surface area contributed by atoms with Crippen LogP contribution in [-0.2, 0) is 16.0 Å². The average molecular weight is 372 g/mol. The number of carbonyl (C=O) groups excluding carboxylic acids is 1. The van der Waals surface area contributed by atoms with Gasteiger partial charge in [-0.2, -0.15) is 0 Å². The van der Waals surface area contributed by atoms with E-state index >= 15 is 0 Å². The summed E-state index contributed by atoms with van der Waals surface area (Å²) in [5, 5.41) is 7.09. The summed E-state index contributed by atoms with van der Waals surface area (Å²) < 4.78 is 10.9. The van der Waals surface area contributed by atoms with Crippen LogP contribution in [0.4, 0.5) is 0 Å². The molecule has 1 amide bonds. The second-order valence-electron chi connectivity index (χ2n) is 7.26. The van der Waals surface area contributed by atoms with Gasteiger partial charge in [0.2, 0.25) is 5.91 Å². The number of hydrogen-bond acceptors (Lipinski definition) is 6. The summed E-state index contributed by atoms with van der Waals surface area (Å²) in [4.78, 5) is 21.4. The summed E-state index contributed by atoms with van der Waals surface area (Å²) in [7, 11) is 1.72. The first kappa shape index (κ1) is 19.5. The van der Waals surface area contributed by atoms with Gasteiger partial charge in [0.25, 0.3) is 0 Å². The SMILES string of the molecule is COC1CCCC(C(=O)NCCc2nc(C)ncc2-c2onc(C)c2C)C1. The minimum absolute atomic E-state index is 0.0365. The summed E-state index contributed by atoms with van der Waals surface area (Å²) in [5.41, 5.74) is 3.54. The number of nitrogens with zero attached hydrogens (tertiary/aromatic N) is 3. The van der Waals surface area contributed by atoms with Crippen LogP contribution in [0.3, 0.4) is 0 Å². The maximum Gasteiger partial charge on any atom is 0.223 e. The van der Waals surface area contributed by atoms with Crippen molar-refractivity contribution in [1.82, 2.24) is 20.4 Å². The van der Waals surface area contributed by atoms with Gasteiger partial charge in [-0.05, 0) is 40.0 Å². The maximum absolute atomic E-state index is 12.5. The number of aryl methyl sites for hydroxylation is 2. The monoisotopic (exact) mass is 372 g/mol. The largest absolute Gasteiger partial charge is 0.381 e. The van der Waals surface area contributed by atoms with Gasteiger partial charge in [-0.1, -0.05) is 11.6 Å². The molecule has 7 heteroatoms. The Balaban J connectivity index is 1.65. The molecule has 0 radical (unpaired) electrons. The second kappa shape index (κ2) is 8.61. The highest BCUT2D eigenvalue weighted by molar-refractivity contribution is 5.78. The Morgan fingerprint density at radius 2 is 2.15 bits per heavy atom. The molecule has 27 heavy (non-hydrogen) atoms. The van der Waals surface area contributed by atoms with E-state index in [2.05, 4.69) is 20.4 Å². The molecule has 1 aliphatic rings. The van der Waals surface area contributed by atoms with Gasteiger partial charge in [0.1, 0.15) is 5.82 Å². The minimum Gasteiger partial charge on any atom is -0.381 e. The lowest BCUT2D eigenvalue weighted by atomic mass is 9.86. The van der Waals surface area contributed by atoms with Crippen LogP contribution in [0, 0.1) is 26.7 Å². The molecule has 2 heterocycles. The molecule has 1 fully saturated rings. The zero-order chi connectivity index (χ0) is 19.4. The molecule has 0 bridgehead atoms. The number of aromatic nitrogens is 3. The van der Waals surface area contributed by atoms with E-state index in [1.54, 1.807) is 13.3 Å². The molecule has 7 nitrogen and oxygen atoms in total. The first-order valence-corrected chi connectivity index (χ1v) is 9.55. The predicted octanol–water partition coefficient (Wildman–Crippen LogP) is 2.92. The smallest absolute Gasteiger partial charge is 0.223 e. The molecule has 0 aromatic carbocycles. The lowest BCUT2D eigenvalue weighted by Crippen LogP contribution is -2.36. The highest BCUT2D eigenvalue weighted by Gasteiger charge is 2.27. The minimum atomic E-state index is 0.0365. The summed E-state index contributed by atoms with van der Waals surface area (Å²) >= 11 is 0. The van der Waals surface area contributed by atoms with E-state index in [-0.39, 0.29) is 17.9 Å². The Kier molecular flexibility index (Phi) is 6.21. The standard InChI is InChI=1S/C20H28N4O3/c1-12-13(2)24-27-19(12)17-11-22-14(3)23-18(17)8-9-21-20(25)15-6-5-7-16(10-15)26-4/h11,15-16H,5-10H2,1-4H3,(H,21,25). The third kappa shape index (κ3) is 4.53. The predicted molar refractivity (Wildman–Crippen MR) is 101 cm³/mol. The number of amides is 1. The van der Waals surface area contributed by atoms with Gasteiger partial charge in [-0.15, -0.1) is 0 Å². The molecule has 2 unspecified atom stereocenters. The normalized spacial score (nSPS) is 19.9. The van der Waals surface area contributed by atoms with Crippen LogP contribution in [0.2, 0.25) is 0 Å². The highest BCUT2D eigenvalue weighted by atomic mass is 16.5. The van der Waals surface area contributed by atoms with E-state index in [1.807, 2.05) is 20.8 Å². The molecular formula is C20H28N4O3. The van der Waals surface area contributed by atoms with Gasteiger partial charge in [-0.25, -0.2) is 9.97 Å². The number of methoxy groups -OCH3 is 1. The molecule has 0 saturated heterocycles. The Morgan fingerprint density at radius 3 is 2.85 bits per heavy atom. The van der Waals surface area contributed by atoms with Crippen LogP contribution in [0.25, 0.3) is 11.3 Å². The van der Waals surface area contributed by atoms with Crippen molar-refractivity contribution in [2.75, 3.05) is 13.7 Å². The fraction of sp³-hybridized carbons (Fsp3) is 0.600. The van der Waals surface area contributed by atoms with Gasteiger partial charge >= 0.3 is 0 Å². The van der Waals surface area contributed by atoms with Crippen LogP contribution < -0.4 is 5.32 Å². The van der Waals surface area contributed by atoms with Crippen LogP contribution in [-0.4, -0.2) is 40.8 Å². The third-order valence-corrected chi connectivity index (χ3v) is 5.38. The lowest BCUT2D eigenvalue weighted by Gasteiger charge is -2.27. The fourth-order valence-electron chi connectivity index (χ4n) is 3.61. The first-order valence-electron chi connectivity index (χ1n) is 9.55. The molecule has 2 aromatic heterocycles. The molecule has 1 saturated carbocycles. The molecule has 3 rings (SSSR count). The van der Waals surface area contributed by atoms with Gasteiger partial charge in [-0.3, -0.25) is 4.79 Å². The summed E-state index contributed by atoms with van der Waals surface area (Å²) in [6.45, 7) is 6.27. The summed E-state index contributed by atoms with van der Waals surface area (Å²) in [6.07, 6.45) is 6.40. The molecule has 2 aromatic rings. The van der Waals surface area contributed by atoms with Crippen molar-refractivity contribution < 1.29 is 14.1 Å². The average Bonchev–Trinajstić information content (AvgIpc) is 3.00. The third-order valence-electron chi connectivity index (χ3n) is 5.38. The van der Waals surface area contributed by atoms with Gasteiger partial charge < -0.3 is 14.6 Å². The van der Waals surface area contributed by atoms with Gasteiger partial charge in [0.15, 0.2) is 5.76 Å². The van der Waals surface area contributed by atoms with Crippen molar-refractivity contribution in [3.8, 4) is 11.3 Å². The Hall–Kier alpha value is -2.28. The van der Waals surface area contributed by atoms with Crippen molar-refractivity contribution >= 4 is 5.91 Å².